The number of carbonyl (C=O) groups is 1. The molecule has 0 unspecified atom stereocenters. The molecule has 4 rings (SSSR count). The van der Waals surface area contributed by atoms with Gasteiger partial charge in [-0.3, -0.25) is 9.48 Å². The van der Waals surface area contributed by atoms with Gasteiger partial charge in [-0.2, -0.15) is 10.2 Å². The number of fused-ring (bicyclic) bond motifs is 1. The average molecular weight is 307 g/mol. The fourth-order valence-corrected chi connectivity index (χ4v) is 2.98. The lowest BCUT2D eigenvalue weighted by atomic mass is 10.2. The number of hydrogen-bond donors (Lipinski definition) is 0. The molecular weight excluding hydrogens is 290 g/mol. The van der Waals surface area contributed by atoms with Gasteiger partial charge in [-0.25, -0.2) is 4.68 Å². The van der Waals surface area contributed by atoms with Crippen molar-refractivity contribution in [1.82, 2.24) is 24.5 Å². The molecule has 0 aliphatic carbocycles. The van der Waals surface area contributed by atoms with Crippen molar-refractivity contribution in [2.45, 2.75) is 20.0 Å². The number of carbonyl (C=O) groups excluding carboxylic acids is 1. The summed E-state index contributed by atoms with van der Waals surface area (Å²) >= 11 is 0. The number of para-hydroxylation sites is 1. The van der Waals surface area contributed by atoms with E-state index in [1.165, 1.54) is 0 Å². The zero-order valence-corrected chi connectivity index (χ0v) is 12.9. The Bertz CT molecular complexity index is 849. The molecule has 0 spiro atoms. The Hall–Kier alpha value is -2.89. The molecule has 0 saturated heterocycles. The third-order valence-corrected chi connectivity index (χ3v) is 4.27. The second kappa shape index (κ2) is 5.39. The molecular formula is C17H17N5O. The number of aromatic nitrogens is 4. The van der Waals surface area contributed by atoms with E-state index in [1.807, 2.05) is 52.9 Å². The summed E-state index contributed by atoms with van der Waals surface area (Å²) in [6.45, 7) is 3.93. The van der Waals surface area contributed by atoms with Gasteiger partial charge in [-0.15, -0.1) is 0 Å². The van der Waals surface area contributed by atoms with E-state index < -0.39 is 0 Å². The molecule has 1 aromatic carbocycles. The molecule has 0 saturated carbocycles. The van der Waals surface area contributed by atoms with Crippen LogP contribution >= 0.6 is 0 Å². The highest BCUT2D eigenvalue weighted by molar-refractivity contribution is 5.95. The predicted octanol–water partition coefficient (Wildman–Crippen LogP) is 2.03. The molecule has 2 aromatic heterocycles. The first-order chi connectivity index (χ1) is 11.2. The van der Waals surface area contributed by atoms with Gasteiger partial charge in [0.15, 0.2) is 0 Å². The summed E-state index contributed by atoms with van der Waals surface area (Å²) in [4.78, 5) is 14.7. The van der Waals surface area contributed by atoms with Gasteiger partial charge in [-0.1, -0.05) is 18.2 Å². The van der Waals surface area contributed by atoms with E-state index >= 15 is 0 Å². The van der Waals surface area contributed by atoms with E-state index in [1.54, 1.807) is 17.1 Å². The SMILES string of the molecule is Cc1c(C(=O)N2CCn3nccc3C2)cnn1-c1ccccc1. The van der Waals surface area contributed by atoms with Crippen LogP contribution in [0, 0.1) is 6.92 Å². The third-order valence-electron chi connectivity index (χ3n) is 4.27. The van der Waals surface area contributed by atoms with Crippen molar-refractivity contribution in [3.05, 3.63) is 65.7 Å². The van der Waals surface area contributed by atoms with E-state index in [-0.39, 0.29) is 5.91 Å². The number of rotatable bonds is 2. The van der Waals surface area contributed by atoms with Gasteiger partial charge >= 0.3 is 0 Å². The van der Waals surface area contributed by atoms with E-state index in [0.29, 0.717) is 18.7 Å². The second-order valence-corrected chi connectivity index (χ2v) is 5.66. The second-order valence-electron chi connectivity index (χ2n) is 5.66. The number of nitrogens with zero attached hydrogens (tertiary/aromatic N) is 5. The Morgan fingerprint density at radius 2 is 1.91 bits per heavy atom. The van der Waals surface area contributed by atoms with Gasteiger partial charge in [0.25, 0.3) is 5.91 Å². The molecule has 3 aromatic rings. The van der Waals surface area contributed by atoms with Crippen molar-refractivity contribution in [2.24, 2.45) is 0 Å². The van der Waals surface area contributed by atoms with Gasteiger partial charge < -0.3 is 4.90 Å². The Morgan fingerprint density at radius 3 is 2.74 bits per heavy atom. The molecule has 0 N–H and O–H groups in total. The Morgan fingerprint density at radius 1 is 1.09 bits per heavy atom. The van der Waals surface area contributed by atoms with Crippen LogP contribution in [0.3, 0.4) is 0 Å². The molecule has 1 aliphatic rings. The quantitative estimate of drug-likeness (QED) is 0.728. The van der Waals surface area contributed by atoms with Crippen LogP contribution in [0.2, 0.25) is 0 Å². The molecule has 0 radical (unpaired) electrons. The van der Waals surface area contributed by atoms with Crippen LogP contribution in [0.5, 0.6) is 0 Å². The van der Waals surface area contributed by atoms with Crippen LogP contribution in [0.15, 0.2) is 48.8 Å². The van der Waals surface area contributed by atoms with Crippen LogP contribution in [0.25, 0.3) is 5.69 Å². The van der Waals surface area contributed by atoms with E-state index in [0.717, 1.165) is 23.6 Å². The first-order valence-electron chi connectivity index (χ1n) is 7.64. The lowest BCUT2D eigenvalue weighted by molar-refractivity contribution is 0.0705. The summed E-state index contributed by atoms with van der Waals surface area (Å²) in [5.41, 5.74) is 3.54. The van der Waals surface area contributed by atoms with Crippen molar-refractivity contribution in [1.29, 1.82) is 0 Å². The first-order valence-corrected chi connectivity index (χ1v) is 7.64. The molecule has 6 nitrogen and oxygen atoms in total. The minimum atomic E-state index is 0.0251. The molecule has 0 bridgehead atoms. The minimum absolute atomic E-state index is 0.0251. The van der Waals surface area contributed by atoms with Crippen LogP contribution in [0.1, 0.15) is 21.7 Å². The molecule has 116 valence electrons. The summed E-state index contributed by atoms with van der Waals surface area (Å²) in [6, 6.07) is 11.8. The third kappa shape index (κ3) is 2.32. The highest BCUT2D eigenvalue weighted by Gasteiger charge is 2.25. The van der Waals surface area contributed by atoms with Crippen LogP contribution in [-0.4, -0.2) is 36.9 Å². The average Bonchev–Trinajstić information content (AvgIpc) is 3.20. The first kappa shape index (κ1) is 13.8. The summed E-state index contributed by atoms with van der Waals surface area (Å²) in [7, 11) is 0. The lowest BCUT2D eigenvalue weighted by Gasteiger charge is -2.27. The van der Waals surface area contributed by atoms with Crippen molar-refractivity contribution in [3.8, 4) is 5.69 Å². The number of hydrogen-bond acceptors (Lipinski definition) is 3. The van der Waals surface area contributed by atoms with E-state index in [2.05, 4.69) is 10.2 Å². The monoisotopic (exact) mass is 307 g/mol. The maximum absolute atomic E-state index is 12.8. The summed E-state index contributed by atoms with van der Waals surface area (Å²) < 4.78 is 3.76. The van der Waals surface area contributed by atoms with Gasteiger partial charge in [0.1, 0.15) is 0 Å². The van der Waals surface area contributed by atoms with Crippen LogP contribution in [0.4, 0.5) is 0 Å². The van der Waals surface area contributed by atoms with Crippen LogP contribution in [-0.2, 0) is 13.1 Å². The molecule has 6 heteroatoms. The fourth-order valence-electron chi connectivity index (χ4n) is 2.98. The Kier molecular flexibility index (Phi) is 3.22. The molecule has 23 heavy (non-hydrogen) atoms. The van der Waals surface area contributed by atoms with Crippen molar-refractivity contribution in [3.63, 3.8) is 0 Å². The summed E-state index contributed by atoms with van der Waals surface area (Å²) in [5, 5.41) is 8.63. The zero-order valence-electron chi connectivity index (χ0n) is 12.9. The maximum Gasteiger partial charge on any atom is 0.257 e. The zero-order chi connectivity index (χ0) is 15.8. The van der Waals surface area contributed by atoms with E-state index in [4.69, 9.17) is 0 Å². The normalized spacial score (nSPS) is 13.9. The lowest BCUT2D eigenvalue weighted by Crippen LogP contribution is -2.38. The predicted molar refractivity (Wildman–Crippen MR) is 85.3 cm³/mol. The van der Waals surface area contributed by atoms with Gasteiger partial charge in [0, 0.05) is 12.7 Å². The topological polar surface area (TPSA) is 56.0 Å². The van der Waals surface area contributed by atoms with Gasteiger partial charge in [0.05, 0.1) is 41.9 Å². The molecule has 0 atom stereocenters. The van der Waals surface area contributed by atoms with Crippen LogP contribution < -0.4 is 0 Å². The maximum atomic E-state index is 12.8. The number of amides is 1. The van der Waals surface area contributed by atoms with Gasteiger partial charge in [0.2, 0.25) is 0 Å². The molecule has 1 aliphatic heterocycles. The smallest absolute Gasteiger partial charge is 0.257 e. The van der Waals surface area contributed by atoms with Crippen molar-refractivity contribution < 1.29 is 4.79 Å². The highest BCUT2D eigenvalue weighted by Crippen LogP contribution is 2.19. The highest BCUT2D eigenvalue weighted by atomic mass is 16.2. The fraction of sp³-hybridized carbons (Fsp3) is 0.235. The summed E-state index contributed by atoms with van der Waals surface area (Å²) in [5.74, 6) is 0.0251. The standard InChI is InChI=1S/C17H17N5O/c1-13-16(11-19-22(13)14-5-3-2-4-6-14)17(23)20-9-10-21-15(12-20)7-8-18-21/h2-8,11H,9-10,12H2,1H3. The molecule has 0 fully saturated rings. The summed E-state index contributed by atoms with van der Waals surface area (Å²) in [6.07, 6.45) is 3.44. The molecule has 1 amide bonds. The van der Waals surface area contributed by atoms with E-state index in [9.17, 15) is 4.79 Å². The largest absolute Gasteiger partial charge is 0.331 e. The molecule has 3 heterocycles. The van der Waals surface area contributed by atoms with Gasteiger partial charge in [-0.05, 0) is 25.1 Å². The Labute approximate surface area is 134 Å². The number of benzene rings is 1. The van der Waals surface area contributed by atoms with Crippen molar-refractivity contribution in [2.75, 3.05) is 6.54 Å². The Balaban J connectivity index is 1.62. The van der Waals surface area contributed by atoms with Crippen molar-refractivity contribution >= 4 is 5.91 Å². The minimum Gasteiger partial charge on any atom is -0.331 e.